The van der Waals surface area contributed by atoms with Crippen molar-refractivity contribution in [3.05, 3.63) is 0 Å². The maximum atomic E-state index is 12.4. The summed E-state index contributed by atoms with van der Waals surface area (Å²) >= 11 is 0. The molecule has 0 aromatic heterocycles. The lowest BCUT2D eigenvalue weighted by atomic mass is 9.88. The molecule has 0 N–H and O–H groups in total. The summed E-state index contributed by atoms with van der Waals surface area (Å²) in [6, 6.07) is 0. The molecule has 0 aliphatic rings. The molecule has 22 nitrogen and oxygen atoms in total. The van der Waals surface area contributed by atoms with Gasteiger partial charge in [0.05, 0.1) is 172 Å². The minimum atomic E-state index is -0.786. The molecule has 0 radical (unpaired) electrons. The van der Waals surface area contributed by atoms with E-state index in [1.807, 2.05) is 27.7 Å². The van der Waals surface area contributed by atoms with E-state index in [0.29, 0.717) is 25.7 Å². The lowest BCUT2D eigenvalue weighted by Crippen LogP contribution is -2.41. The zero-order valence-corrected chi connectivity index (χ0v) is 46.0. The molecule has 0 amide bonds. The molecule has 0 aliphatic heterocycles. The molecule has 78 heavy (non-hydrogen) atoms. The van der Waals surface area contributed by atoms with E-state index < -0.39 is 33.9 Å². The molecule has 0 heterocycles. The van der Waals surface area contributed by atoms with Crippen molar-refractivity contribution in [1.29, 1.82) is 0 Å². The highest BCUT2D eigenvalue weighted by Crippen LogP contribution is 2.28. The number of hydrogen-bond acceptors (Lipinski definition) is 22. The van der Waals surface area contributed by atoms with Gasteiger partial charge in [0.1, 0.15) is 65.1 Å². The Kier molecular flexibility index (Phi) is 52.6. The molecule has 0 rings (SSSR count). The first-order valence-corrected chi connectivity index (χ1v) is 26.1. The first kappa shape index (κ1) is 76.6. The second kappa shape index (κ2) is 53.6. The first-order chi connectivity index (χ1) is 38.1. The molecule has 0 aliphatic carbocycles. The van der Waals surface area contributed by atoms with E-state index >= 15 is 0 Å². The van der Waals surface area contributed by atoms with E-state index in [-0.39, 0.29) is 225 Å². The molecule has 30 heteroatoms. The number of ether oxygens (including phenoxy) is 14. The molecule has 0 unspecified atom stereocenters. The van der Waals surface area contributed by atoms with Crippen LogP contribution in [0.5, 0.6) is 0 Å². The quantitative estimate of drug-likeness (QED) is 0.0457. The number of hydrogen-bond donors (Lipinski definition) is 0. The molecule has 0 fully saturated rings. The van der Waals surface area contributed by atoms with Gasteiger partial charge in [0.2, 0.25) is 0 Å². The Morgan fingerprint density at radius 2 is 0.372 bits per heavy atom. The van der Waals surface area contributed by atoms with Crippen molar-refractivity contribution in [2.45, 2.75) is 65.6 Å². The summed E-state index contributed by atoms with van der Waals surface area (Å²) in [5.74, 6) is 0. The zero-order valence-electron chi connectivity index (χ0n) is 46.0. The fourth-order valence-electron chi connectivity index (χ4n) is 7.10. The average Bonchev–Trinajstić information content (AvgIpc) is 3.46. The van der Waals surface area contributed by atoms with Crippen LogP contribution in [0.1, 0.15) is 53.4 Å². The highest BCUT2D eigenvalue weighted by atomic mass is 19.3. The van der Waals surface area contributed by atoms with Gasteiger partial charge in [0, 0.05) is 21.7 Å². The largest absolute Gasteiger partial charge is 0.378 e. The van der Waals surface area contributed by atoms with Crippen LogP contribution in [-0.4, -0.2) is 237 Å². The van der Waals surface area contributed by atoms with Gasteiger partial charge >= 0.3 is 0 Å². The summed E-state index contributed by atoms with van der Waals surface area (Å²) in [6.07, 6.45) is 0.321. The Balaban J connectivity index is 6.66. The first-order valence-electron chi connectivity index (χ1n) is 26.1. The predicted octanol–water partition coefficient (Wildman–Crippen LogP) is 6.75. The Hall–Kier alpha value is -1.44. The van der Waals surface area contributed by atoms with Crippen molar-refractivity contribution in [2.24, 2.45) is 21.7 Å². The van der Waals surface area contributed by atoms with Crippen LogP contribution >= 0.6 is 0 Å². The molecule has 0 atom stereocenters. The maximum Gasteiger partial charge on any atom is 0.111 e. The third kappa shape index (κ3) is 39.1. The number of halogens is 8. The van der Waals surface area contributed by atoms with Crippen molar-refractivity contribution in [3.63, 3.8) is 0 Å². The van der Waals surface area contributed by atoms with Crippen LogP contribution in [0, 0.1) is 21.7 Å². The zero-order chi connectivity index (χ0) is 57.6. The molecule has 0 spiro atoms. The van der Waals surface area contributed by atoms with E-state index in [2.05, 4.69) is 39.5 Å². The van der Waals surface area contributed by atoms with Gasteiger partial charge in [-0.05, 0) is 61.9 Å². The van der Waals surface area contributed by atoms with Crippen LogP contribution in [0.3, 0.4) is 0 Å². The van der Waals surface area contributed by atoms with Gasteiger partial charge in [-0.25, -0.2) is 0 Å². The van der Waals surface area contributed by atoms with E-state index in [1.165, 1.54) is 0 Å². The van der Waals surface area contributed by atoms with Crippen LogP contribution in [0.15, 0.2) is 0 Å². The smallest absolute Gasteiger partial charge is 0.111 e. The van der Waals surface area contributed by atoms with Crippen molar-refractivity contribution < 1.29 is 142 Å². The third-order valence-electron chi connectivity index (χ3n) is 12.3. The highest BCUT2D eigenvalue weighted by molar-refractivity contribution is 4.82. The molecule has 470 valence electrons. The molecule has 0 bridgehead atoms. The fraction of sp³-hybridized carbons (Fsp3) is 1.00. The topological polar surface area (TPSA) is 203 Å². The van der Waals surface area contributed by atoms with Crippen LogP contribution in [0.25, 0.3) is 0 Å². The van der Waals surface area contributed by atoms with Crippen molar-refractivity contribution in [2.75, 3.05) is 225 Å². The summed E-state index contributed by atoms with van der Waals surface area (Å²) in [5, 5.41) is 0. The molecular weight excluding hydrogens is 1080 g/mol. The summed E-state index contributed by atoms with van der Waals surface area (Å²) < 4.78 is 182. The van der Waals surface area contributed by atoms with Gasteiger partial charge in [0.15, 0.2) is 0 Å². The van der Waals surface area contributed by atoms with Gasteiger partial charge < -0.3 is 66.3 Å². The summed E-state index contributed by atoms with van der Waals surface area (Å²) in [7, 11) is 0. The lowest BCUT2D eigenvalue weighted by molar-refractivity contribution is -0.169. The minimum absolute atomic E-state index is 0.0369. The normalized spacial score (nSPS) is 12.8. The molecule has 0 aromatic rings. The van der Waals surface area contributed by atoms with Crippen LogP contribution in [0.2, 0.25) is 0 Å². The summed E-state index contributed by atoms with van der Waals surface area (Å²) in [5.41, 5.74) is -3.14. The number of rotatable bonds is 65. The second-order valence-corrected chi connectivity index (χ2v) is 18.4. The minimum Gasteiger partial charge on any atom is -0.378 e. The van der Waals surface area contributed by atoms with Crippen LogP contribution in [-0.2, 0) is 106 Å². The van der Waals surface area contributed by atoms with Crippen molar-refractivity contribution in [3.8, 4) is 0 Å². The molecule has 0 aromatic carbocycles. The third-order valence-corrected chi connectivity index (χ3v) is 12.3. The summed E-state index contributed by atoms with van der Waals surface area (Å²) in [6.45, 7) is 4.90. The Morgan fingerprint density at radius 3 is 0.513 bits per heavy atom. The maximum absolute atomic E-state index is 12.4. The van der Waals surface area contributed by atoms with Gasteiger partial charge in [0.25, 0.3) is 0 Å². The summed E-state index contributed by atoms with van der Waals surface area (Å²) in [4.78, 5) is 29.1. The van der Waals surface area contributed by atoms with Gasteiger partial charge in [-0.15, -0.1) is 0 Å². The Labute approximate surface area is 453 Å². The average molecular weight is 1170 g/mol. The molecule has 0 saturated carbocycles. The van der Waals surface area contributed by atoms with Crippen LogP contribution in [0.4, 0.5) is 36.2 Å². The second-order valence-electron chi connectivity index (χ2n) is 18.4. The molecule has 0 saturated heterocycles. The van der Waals surface area contributed by atoms with E-state index in [1.54, 1.807) is 0 Å². The highest BCUT2D eigenvalue weighted by Gasteiger charge is 2.35. The lowest BCUT2D eigenvalue weighted by Gasteiger charge is -2.34. The SMILES string of the molecule is CCC(COCCOF)(COCCOF)COCC(COCC(CC)(COCCOF)COCCOF)OCCOC(COCC(CC)(COCCOF)COCCOF)COCC(CC)(COCCOF)COCCOF. The fourth-order valence-corrected chi connectivity index (χ4v) is 7.10. The molecular formula is C48H90F8O22. The predicted molar refractivity (Wildman–Crippen MR) is 257 cm³/mol. The standard InChI is InChI=1S/C48H90F8O22/c1-5-45(31-57-9-19-71-49,32-58-10-20-72-50)39-65-27-43(28-66-40-46(6-2,33-59-11-21-73-51)34-60-12-22-74-52)69-17-18-70-44(29-67-41-47(7-3,35-61-13-23-75-53)36-62-14-24-76-54)30-68-42-48(8-4,37-63-15-25-77-55)38-64-16-26-78-56/h43-44H,5-42H2,1-4H3. The van der Waals surface area contributed by atoms with Crippen molar-refractivity contribution in [1.82, 2.24) is 0 Å². The van der Waals surface area contributed by atoms with Gasteiger partial charge in [-0.3, -0.25) is 0 Å². The van der Waals surface area contributed by atoms with E-state index in [4.69, 9.17) is 66.3 Å². The monoisotopic (exact) mass is 1170 g/mol. The van der Waals surface area contributed by atoms with Gasteiger partial charge in [-0.1, -0.05) is 27.7 Å². The Morgan fingerprint density at radius 1 is 0.218 bits per heavy atom. The van der Waals surface area contributed by atoms with E-state index in [9.17, 15) is 36.2 Å². The van der Waals surface area contributed by atoms with Crippen molar-refractivity contribution >= 4 is 0 Å². The van der Waals surface area contributed by atoms with Gasteiger partial charge in [-0.2, -0.15) is 39.5 Å². The van der Waals surface area contributed by atoms with Crippen LogP contribution < -0.4 is 0 Å². The van der Waals surface area contributed by atoms with E-state index in [0.717, 1.165) is 0 Å². The Bertz CT molecular complexity index is 1040.